The molecule has 8 heteroatoms. The molecule has 1 N–H and O–H groups in total. The molecule has 0 saturated carbocycles. The molecule has 2 aliphatic heterocycles. The number of hydrogen-bond acceptors (Lipinski definition) is 7. The monoisotopic (exact) mass is 489 g/mol. The summed E-state index contributed by atoms with van der Waals surface area (Å²) >= 11 is 0. The summed E-state index contributed by atoms with van der Waals surface area (Å²) in [5.41, 5.74) is 1.75. The fourth-order valence-electron chi connectivity index (χ4n) is 5.24. The molecular weight excluding hydrogens is 454 g/mol. The second kappa shape index (κ2) is 10.3. The van der Waals surface area contributed by atoms with E-state index in [1.54, 1.807) is 7.11 Å². The van der Waals surface area contributed by atoms with E-state index < -0.39 is 0 Å². The Morgan fingerprint density at radius 3 is 2.56 bits per heavy atom. The highest BCUT2D eigenvalue weighted by atomic mass is 16.5. The third-order valence-electron chi connectivity index (χ3n) is 7.12. The van der Waals surface area contributed by atoms with Gasteiger partial charge in [0.1, 0.15) is 11.6 Å². The van der Waals surface area contributed by atoms with Crippen LogP contribution in [0.1, 0.15) is 32.5 Å². The van der Waals surface area contributed by atoms with E-state index >= 15 is 0 Å². The minimum atomic E-state index is -0.265. The Labute approximate surface area is 212 Å². The van der Waals surface area contributed by atoms with Crippen molar-refractivity contribution in [3.63, 3.8) is 0 Å². The molecule has 0 unspecified atom stereocenters. The molecule has 0 aliphatic carbocycles. The molecule has 0 bridgehead atoms. The lowest BCUT2D eigenvalue weighted by Crippen LogP contribution is -2.47. The number of aromatic nitrogens is 2. The van der Waals surface area contributed by atoms with Gasteiger partial charge in [-0.1, -0.05) is 24.3 Å². The predicted octanol–water partition coefficient (Wildman–Crippen LogP) is 3.79. The summed E-state index contributed by atoms with van der Waals surface area (Å²) < 4.78 is 11.3. The topological polar surface area (TPSA) is 79.8 Å². The van der Waals surface area contributed by atoms with Gasteiger partial charge in [0.05, 0.1) is 30.5 Å². The molecule has 2 aliphatic rings. The van der Waals surface area contributed by atoms with Crippen LogP contribution in [0.25, 0.3) is 10.9 Å². The van der Waals surface area contributed by atoms with Gasteiger partial charge in [0.15, 0.2) is 5.82 Å². The van der Waals surface area contributed by atoms with E-state index in [1.807, 2.05) is 50.2 Å². The number of rotatable bonds is 6. The van der Waals surface area contributed by atoms with Gasteiger partial charge >= 0.3 is 0 Å². The number of para-hydroxylation sites is 3. The molecule has 3 aromatic rings. The zero-order valence-electron chi connectivity index (χ0n) is 21.4. The Morgan fingerprint density at radius 2 is 1.78 bits per heavy atom. The first-order chi connectivity index (χ1) is 17.4. The van der Waals surface area contributed by atoms with Crippen molar-refractivity contribution in [1.29, 1.82) is 0 Å². The first kappa shape index (κ1) is 24.3. The highest BCUT2D eigenvalue weighted by Gasteiger charge is 2.33. The fraction of sp³-hybridized carbons (Fsp3) is 0.464. The normalized spacial score (nSPS) is 19.8. The summed E-state index contributed by atoms with van der Waals surface area (Å²) in [7, 11) is 1.71. The lowest BCUT2D eigenvalue weighted by atomic mass is 9.88. The number of piperazine rings is 1. The van der Waals surface area contributed by atoms with Gasteiger partial charge in [-0.3, -0.25) is 4.79 Å². The molecule has 1 amide bonds. The average molecular weight is 490 g/mol. The van der Waals surface area contributed by atoms with Crippen molar-refractivity contribution in [2.75, 3.05) is 49.7 Å². The van der Waals surface area contributed by atoms with Gasteiger partial charge in [0.2, 0.25) is 5.91 Å². The second-order valence-corrected chi connectivity index (χ2v) is 10.1. The van der Waals surface area contributed by atoms with Gasteiger partial charge in [0, 0.05) is 44.1 Å². The zero-order chi connectivity index (χ0) is 25.1. The van der Waals surface area contributed by atoms with E-state index in [1.165, 1.54) is 0 Å². The van der Waals surface area contributed by atoms with E-state index in [-0.39, 0.29) is 17.4 Å². The van der Waals surface area contributed by atoms with Gasteiger partial charge in [-0.15, -0.1) is 0 Å². The highest BCUT2D eigenvalue weighted by molar-refractivity contribution is 5.89. The maximum absolute atomic E-state index is 12.9. The molecule has 0 radical (unpaired) electrons. The van der Waals surface area contributed by atoms with Crippen LogP contribution < -0.4 is 19.9 Å². The molecule has 2 aromatic carbocycles. The number of fused-ring (bicyclic) bond motifs is 1. The maximum atomic E-state index is 12.9. The zero-order valence-corrected chi connectivity index (χ0v) is 21.4. The summed E-state index contributed by atoms with van der Waals surface area (Å²) in [6, 6.07) is 16.2. The molecule has 36 heavy (non-hydrogen) atoms. The van der Waals surface area contributed by atoms with E-state index in [2.05, 4.69) is 27.2 Å². The fourth-order valence-corrected chi connectivity index (χ4v) is 5.24. The van der Waals surface area contributed by atoms with E-state index in [0.29, 0.717) is 19.0 Å². The molecule has 2 saturated heterocycles. The molecule has 0 spiro atoms. The number of methoxy groups -OCH3 is 1. The van der Waals surface area contributed by atoms with Crippen molar-refractivity contribution < 1.29 is 14.3 Å². The second-order valence-electron chi connectivity index (χ2n) is 10.1. The van der Waals surface area contributed by atoms with Gasteiger partial charge in [-0.25, -0.2) is 9.97 Å². The lowest BCUT2D eigenvalue weighted by Gasteiger charge is -2.37. The maximum Gasteiger partial charge on any atom is 0.223 e. The van der Waals surface area contributed by atoms with Gasteiger partial charge in [-0.2, -0.15) is 0 Å². The quantitative estimate of drug-likeness (QED) is 0.564. The van der Waals surface area contributed by atoms with Gasteiger partial charge < -0.3 is 24.6 Å². The van der Waals surface area contributed by atoms with Crippen LogP contribution in [0.15, 0.2) is 48.5 Å². The van der Waals surface area contributed by atoms with Crippen molar-refractivity contribution in [2.24, 2.45) is 5.92 Å². The van der Waals surface area contributed by atoms with Crippen molar-refractivity contribution in [1.82, 2.24) is 15.3 Å². The molecular formula is C28H35N5O3. The van der Waals surface area contributed by atoms with E-state index in [9.17, 15) is 4.79 Å². The Kier molecular flexibility index (Phi) is 6.96. The number of hydrogen-bond donors (Lipinski definition) is 1. The Hall–Kier alpha value is -3.39. The van der Waals surface area contributed by atoms with Gasteiger partial charge in [-0.05, 0) is 51.0 Å². The van der Waals surface area contributed by atoms with Crippen LogP contribution in [-0.4, -0.2) is 61.4 Å². The molecule has 2 fully saturated rings. The van der Waals surface area contributed by atoms with Crippen molar-refractivity contribution in [3.05, 3.63) is 54.4 Å². The Morgan fingerprint density at radius 1 is 1.06 bits per heavy atom. The minimum absolute atomic E-state index is 0.0447. The lowest BCUT2D eigenvalue weighted by molar-refractivity contribution is -0.135. The first-order valence-electron chi connectivity index (χ1n) is 12.7. The van der Waals surface area contributed by atoms with Crippen LogP contribution in [0.2, 0.25) is 0 Å². The molecule has 190 valence electrons. The molecule has 8 nitrogen and oxygen atoms in total. The molecule has 3 heterocycles. The van der Waals surface area contributed by atoms with Crippen LogP contribution in [0.4, 0.5) is 11.5 Å². The largest absolute Gasteiger partial charge is 0.495 e. The predicted molar refractivity (Wildman–Crippen MR) is 142 cm³/mol. The Balaban J connectivity index is 1.31. The first-order valence-corrected chi connectivity index (χ1v) is 12.7. The van der Waals surface area contributed by atoms with Crippen molar-refractivity contribution in [2.45, 2.75) is 38.8 Å². The number of carbonyl (C=O) groups is 1. The molecule has 1 aromatic heterocycles. The third-order valence-corrected chi connectivity index (χ3v) is 7.12. The van der Waals surface area contributed by atoms with Crippen LogP contribution in [0.3, 0.4) is 0 Å². The standard InChI is InChI=1S/C28H35N5O3/c1-28(2)18-20(12-17-36-28)27(34)29-19-25-30-22-9-5-4-8-21(22)26(31-25)33-15-13-32(14-16-33)23-10-6-7-11-24(23)35-3/h4-11,20H,12-19H2,1-3H3,(H,29,34)/t20-/m0/s1. The van der Waals surface area contributed by atoms with Crippen LogP contribution in [0.5, 0.6) is 5.75 Å². The van der Waals surface area contributed by atoms with Crippen LogP contribution in [0, 0.1) is 5.92 Å². The van der Waals surface area contributed by atoms with Crippen molar-refractivity contribution in [3.8, 4) is 5.75 Å². The van der Waals surface area contributed by atoms with Gasteiger partial charge in [0.25, 0.3) is 0 Å². The molecule has 1 atom stereocenters. The summed E-state index contributed by atoms with van der Waals surface area (Å²) in [5, 5.41) is 4.11. The minimum Gasteiger partial charge on any atom is -0.495 e. The number of ether oxygens (including phenoxy) is 2. The summed E-state index contributed by atoms with van der Waals surface area (Å²) in [4.78, 5) is 27.3. The van der Waals surface area contributed by atoms with Crippen LogP contribution >= 0.6 is 0 Å². The SMILES string of the molecule is COc1ccccc1N1CCN(c2nc(CNC(=O)[C@H]3CCOC(C)(C)C3)nc3ccccc23)CC1. The summed E-state index contributed by atoms with van der Waals surface area (Å²) in [6.07, 6.45) is 1.47. The number of carbonyl (C=O) groups excluding carboxylic acids is 1. The highest BCUT2D eigenvalue weighted by Crippen LogP contribution is 2.31. The smallest absolute Gasteiger partial charge is 0.223 e. The number of amides is 1. The number of nitrogens with zero attached hydrogens (tertiary/aromatic N) is 4. The summed E-state index contributed by atoms with van der Waals surface area (Å²) in [6.45, 7) is 8.41. The number of anilines is 2. The molecule has 5 rings (SSSR count). The third kappa shape index (κ3) is 5.23. The number of benzene rings is 2. The van der Waals surface area contributed by atoms with Crippen LogP contribution in [-0.2, 0) is 16.1 Å². The Bertz CT molecular complexity index is 1220. The van der Waals surface area contributed by atoms with Crippen molar-refractivity contribution >= 4 is 28.3 Å². The van der Waals surface area contributed by atoms with E-state index in [0.717, 1.165) is 67.2 Å². The average Bonchev–Trinajstić information content (AvgIpc) is 2.90. The van der Waals surface area contributed by atoms with E-state index in [4.69, 9.17) is 19.4 Å². The number of nitrogens with one attached hydrogen (secondary N) is 1. The summed E-state index contributed by atoms with van der Waals surface area (Å²) in [5.74, 6) is 2.46.